The van der Waals surface area contributed by atoms with Gasteiger partial charge in [-0.3, -0.25) is 0 Å². The van der Waals surface area contributed by atoms with E-state index >= 15 is 0 Å². The van der Waals surface area contributed by atoms with Gasteiger partial charge in [0.2, 0.25) is 0 Å². The largest absolute Gasteiger partial charge is 0.369 e. The summed E-state index contributed by atoms with van der Waals surface area (Å²) in [5.41, 5.74) is 0.495. The van der Waals surface area contributed by atoms with Crippen molar-refractivity contribution < 1.29 is 24.6 Å². The topological polar surface area (TPSA) is 71.5 Å². The molecular weight excluding hydrogens is 300 g/mol. The molecule has 1 aromatic carbocycles. The predicted molar refractivity (Wildman–Crippen MR) is 68.4 cm³/mol. The molecule has 0 spiro atoms. The SMILES string of the molecule is O=S(=O)(F)CCN(CCS(=O)(=O)F)c1ccccc1. The lowest BCUT2D eigenvalue weighted by atomic mass is 10.3. The monoisotopic (exact) mass is 313 g/mol. The van der Waals surface area contributed by atoms with E-state index < -0.39 is 32.0 Å². The molecule has 1 aromatic rings. The van der Waals surface area contributed by atoms with Crippen molar-refractivity contribution in [1.82, 2.24) is 0 Å². The van der Waals surface area contributed by atoms with E-state index in [2.05, 4.69) is 0 Å². The Hall–Kier alpha value is -1.22. The summed E-state index contributed by atoms with van der Waals surface area (Å²) in [7, 11) is -9.33. The fourth-order valence-corrected chi connectivity index (χ4v) is 2.32. The molecule has 0 bridgehead atoms. The number of halogens is 2. The van der Waals surface area contributed by atoms with Crippen molar-refractivity contribution in [3.05, 3.63) is 30.3 Å². The van der Waals surface area contributed by atoms with Gasteiger partial charge in [0.15, 0.2) is 0 Å². The van der Waals surface area contributed by atoms with Crippen LogP contribution in [0.3, 0.4) is 0 Å². The third kappa shape index (κ3) is 7.06. The first kappa shape index (κ1) is 15.8. The minimum atomic E-state index is -4.67. The molecule has 0 aliphatic rings. The van der Waals surface area contributed by atoms with Crippen LogP contribution in [0.25, 0.3) is 0 Å². The summed E-state index contributed by atoms with van der Waals surface area (Å²) in [6.45, 7) is -0.503. The van der Waals surface area contributed by atoms with E-state index in [9.17, 15) is 24.6 Å². The number of rotatable bonds is 7. The molecule has 0 radical (unpaired) electrons. The molecule has 0 aliphatic carbocycles. The van der Waals surface area contributed by atoms with Crippen molar-refractivity contribution in [3.8, 4) is 0 Å². The molecule has 0 aliphatic heterocycles. The number of nitrogens with zero attached hydrogens (tertiary/aromatic N) is 1. The Morgan fingerprint density at radius 1 is 0.842 bits per heavy atom. The summed E-state index contributed by atoms with van der Waals surface area (Å²) < 4.78 is 66.9. The van der Waals surface area contributed by atoms with Gasteiger partial charge in [-0.05, 0) is 12.1 Å². The van der Waals surface area contributed by atoms with Gasteiger partial charge in [-0.15, -0.1) is 7.77 Å². The Morgan fingerprint density at radius 3 is 1.63 bits per heavy atom. The van der Waals surface area contributed by atoms with Gasteiger partial charge >= 0.3 is 20.4 Å². The molecule has 0 aromatic heterocycles. The zero-order valence-electron chi connectivity index (χ0n) is 9.87. The molecule has 0 amide bonds. The van der Waals surface area contributed by atoms with Crippen LogP contribution in [-0.2, 0) is 20.4 Å². The number of hydrogen-bond acceptors (Lipinski definition) is 5. The molecule has 9 heteroatoms. The summed E-state index contributed by atoms with van der Waals surface area (Å²) in [4.78, 5) is 1.30. The normalized spacial score (nSPS) is 12.3. The summed E-state index contributed by atoms with van der Waals surface area (Å²) in [6.07, 6.45) is 0. The molecule has 5 nitrogen and oxygen atoms in total. The van der Waals surface area contributed by atoms with E-state index in [-0.39, 0.29) is 13.1 Å². The highest BCUT2D eigenvalue weighted by atomic mass is 32.3. The standard InChI is InChI=1S/C10H13F2NO4S2/c11-18(14,15)8-6-13(7-9-19(12,16)17)10-4-2-1-3-5-10/h1-5H,6-9H2. The molecule has 108 valence electrons. The quantitative estimate of drug-likeness (QED) is 0.705. The number of para-hydroxylation sites is 1. The maximum Gasteiger partial charge on any atom is 0.304 e. The second-order valence-electron chi connectivity index (χ2n) is 3.81. The van der Waals surface area contributed by atoms with Crippen LogP contribution in [0.5, 0.6) is 0 Å². The molecule has 0 atom stereocenters. The number of hydrogen-bond donors (Lipinski definition) is 0. The number of anilines is 1. The van der Waals surface area contributed by atoms with E-state index in [4.69, 9.17) is 0 Å². The fourth-order valence-electron chi connectivity index (χ4n) is 1.45. The molecular formula is C10H13F2NO4S2. The zero-order valence-corrected chi connectivity index (χ0v) is 11.5. The highest BCUT2D eigenvalue weighted by Gasteiger charge is 2.16. The molecule has 1 rings (SSSR count). The summed E-state index contributed by atoms with van der Waals surface area (Å²) >= 11 is 0. The van der Waals surface area contributed by atoms with Gasteiger partial charge in [-0.1, -0.05) is 18.2 Å². The second-order valence-corrected chi connectivity index (χ2v) is 6.78. The van der Waals surface area contributed by atoms with Crippen molar-refractivity contribution in [2.45, 2.75) is 0 Å². The van der Waals surface area contributed by atoms with Gasteiger partial charge in [-0.2, -0.15) is 16.8 Å². The molecule has 0 saturated carbocycles. The van der Waals surface area contributed by atoms with Crippen LogP contribution in [-0.4, -0.2) is 41.4 Å². The van der Waals surface area contributed by atoms with E-state index in [1.807, 2.05) is 0 Å². The van der Waals surface area contributed by atoms with Crippen LogP contribution in [0.2, 0.25) is 0 Å². The lowest BCUT2D eigenvalue weighted by Gasteiger charge is -2.23. The molecule has 0 N–H and O–H groups in total. The van der Waals surface area contributed by atoms with Gasteiger partial charge < -0.3 is 4.90 Å². The van der Waals surface area contributed by atoms with Crippen molar-refractivity contribution in [3.63, 3.8) is 0 Å². The van der Waals surface area contributed by atoms with Crippen LogP contribution in [0.4, 0.5) is 13.5 Å². The molecule has 0 saturated heterocycles. The maximum atomic E-state index is 12.5. The van der Waals surface area contributed by atoms with Crippen molar-refractivity contribution in [1.29, 1.82) is 0 Å². The van der Waals surface area contributed by atoms with Gasteiger partial charge in [0.05, 0.1) is 11.5 Å². The lowest BCUT2D eigenvalue weighted by Crippen LogP contribution is -2.32. The minimum Gasteiger partial charge on any atom is -0.369 e. The van der Waals surface area contributed by atoms with Crippen LogP contribution in [0, 0.1) is 0 Å². The Kier molecular flexibility index (Phi) is 5.24. The Balaban J connectivity index is 2.79. The smallest absolute Gasteiger partial charge is 0.304 e. The second kappa shape index (κ2) is 6.29. The van der Waals surface area contributed by atoms with E-state index in [1.54, 1.807) is 30.3 Å². The highest BCUT2D eigenvalue weighted by molar-refractivity contribution is 7.86. The van der Waals surface area contributed by atoms with Crippen LogP contribution >= 0.6 is 0 Å². The first-order valence-corrected chi connectivity index (χ1v) is 8.42. The van der Waals surface area contributed by atoms with Gasteiger partial charge in [0.25, 0.3) is 0 Å². The summed E-state index contributed by atoms with van der Waals surface area (Å²) in [5, 5.41) is 0. The molecule has 19 heavy (non-hydrogen) atoms. The van der Waals surface area contributed by atoms with Crippen LogP contribution in [0.1, 0.15) is 0 Å². The Morgan fingerprint density at radius 2 is 1.26 bits per heavy atom. The van der Waals surface area contributed by atoms with Crippen molar-refractivity contribution in [2.75, 3.05) is 29.5 Å². The van der Waals surface area contributed by atoms with Crippen LogP contribution in [0.15, 0.2) is 30.3 Å². The van der Waals surface area contributed by atoms with Gasteiger partial charge in [0.1, 0.15) is 0 Å². The Bertz CT molecular complexity index is 566. The van der Waals surface area contributed by atoms with Crippen LogP contribution < -0.4 is 4.90 Å². The molecule has 0 fully saturated rings. The van der Waals surface area contributed by atoms with Gasteiger partial charge in [-0.25, -0.2) is 0 Å². The van der Waals surface area contributed by atoms with E-state index in [0.717, 1.165) is 0 Å². The first-order valence-electron chi connectivity index (χ1n) is 5.32. The first-order chi connectivity index (χ1) is 8.67. The molecule has 0 unspecified atom stereocenters. The minimum absolute atomic E-state index is 0.252. The fraction of sp³-hybridized carbons (Fsp3) is 0.400. The number of benzene rings is 1. The summed E-state index contributed by atoms with van der Waals surface area (Å²) in [6, 6.07) is 8.19. The third-order valence-electron chi connectivity index (χ3n) is 2.33. The zero-order chi connectivity index (χ0) is 14.5. The molecule has 0 heterocycles. The van der Waals surface area contributed by atoms with Gasteiger partial charge in [0, 0.05) is 18.8 Å². The Labute approximate surface area is 111 Å². The van der Waals surface area contributed by atoms with Crippen molar-refractivity contribution in [2.24, 2.45) is 0 Å². The third-order valence-corrected chi connectivity index (χ3v) is 3.67. The van der Waals surface area contributed by atoms with E-state index in [0.29, 0.717) is 5.69 Å². The van der Waals surface area contributed by atoms with Crippen molar-refractivity contribution >= 4 is 26.1 Å². The average molecular weight is 313 g/mol. The predicted octanol–water partition coefficient (Wildman–Crippen LogP) is 1.09. The maximum absolute atomic E-state index is 12.5. The van der Waals surface area contributed by atoms with E-state index in [1.165, 1.54) is 4.90 Å². The lowest BCUT2D eigenvalue weighted by molar-refractivity contribution is 0.549. The average Bonchev–Trinajstić information content (AvgIpc) is 2.27. The highest BCUT2D eigenvalue weighted by Crippen LogP contribution is 2.13. The summed E-state index contributed by atoms with van der Waals surface area (Å²) in [5.74, 6) is -1.57.